The van der Waals surface area contributed by atoms with Crippen molar-refractivity contribution in [3.05, 3.63) is 84.0 Å². The first-order chi connectivity index (χ1) is 11.9. The quantitative estimate of drug-likeness (QED) is 0.237. The molecule has 0 fully saturated rings. The molecule has 0 amide bonds. The second kappa shape index (κ2) is 15.8. The Bertz CT molecular complexity index is 601. The Morgan fingerprint density at radius 3 is 1.07 bits per heavy atom. The number of halogens is 2. The second-order valence-electron chi connectivity index (χ2n) is 9.91. The Labute approximate surface area is 213 Å². The minimum absolute atomic E-state index is 0. The summed E-state index contributed by atoms with van der Waals surface area (Å²) >= 11 is 0. The van der Waals surface area contributed by atoms with Gasteiger partial charge in [0.15, 0.2) is 0 Å². The van der Waals surface area contributed by atoms with Gasteiger partial charge in [0.25, 0.3) is 0 Å². The van der Waals surface area contributed by atoms with Crippen LogP contribution in [0.25, 0.3) is 0 Å². The van der Waals surface area contributed by atoms with Crippen LogP contribution < -0.4 is 24.8 Å². The van der Waals surface area contributed by atoms with Crippen molar-refractivity contribution >= 4 is 16.1 Å². The van der Waals surface area contributed by atoms with Crippen LogP contribution in [0.4, 0.5) is 0 Å². The molecule has 0 aromatic heterocycles. The molecule has 0 heterocycles. The molecule has 0 unspecified atom stereocenters. The summed E-state index contributed by atoms with van der Waals surface area (Å²) in [5.74, 6) is 0. The van der Waals surface area contributed by atoms with Crippen LogP contribution in [-0.4, -0.2) is 16.1 Å². The number of allylic oxidation sites excluding steroid dienone is 2. The third kappa shape index (κ3) is 18.5. The molecule has 5 heteroatoms. The fourth-order valence-electron chi connectivity index (χ4n) is 3.27. The maximum atomic E-state index is 4.15. The molecule has 0 nitrogen and oxygen atoms in total. The summed E-state index contributed by atoms with van der Waals surface area (Å²) in [6, 6.07) is 19.6. The first-order valence-corrected chi connectivity index (χ1v) is 17.1. The molecule has 0 aliphatic carbocycles. The Morgan fingerprint density at radius 2 is 0.862 bits per heavy atom. The normalized spacial score (nSPS) is 10.4. The molecule has 2 aromatic carbocycles. The van der Waals surface area contributed by atoms with Crippen LogP contribution in [0.2, 0.25) is 51.4 Å². The third-order valence-electron chi connectivity index (χ3n) is 3.93. The van der Waals surface area contributed by atoms with E-state index in [1.807, 2.05) is 0 Å². The van der Waals surface area contributed by atoms with Crippen molar-refractivity contribution in [1.29, 1.82) is 0 Å². The minimum Gasteiger partial charge on any atom is -1.00 e. The fraction of sp³-hybridized carbons (Fsp3) is 0.417. The molecule has 0 bridgehead atoms. The van der Waals surface area contributed by atoms with Gasteiger partial charge >= 0.3 is 25.8 Å². The van der Waals surface area contributed by atoms with Gasteiger partial charge < -0.3 is 24.8 Å². The van der Waals surface area contributed by atoms with Gasteiger partial charge in [-0.15, -0.1) is 13.2 Å². The van der Waals surface area contributed by atoms with Crippen LogP contribution in [0, 0.1) is 0 Å². The number of hydrogen-bond acceptors (Lipinski definition) is 0. The van der Waals surface area contributed by atoms with Gasteiger partial charge in [0.1, 0.15) is 0 Å². The molecule has 29 heavy (non-hydrogen) atoms. The fourth-order valence-corrected chi connectivity index (χ4v) is 6.52. The van der Waals surface area contributed by atoms with Crippen molar-refractivity contribution in [2.24, 2.45) is 0 Å². The topological polar surface area (TPSA) is 0 Å². The molecule has 0 spiro atoms. The summed E-state index contributed by atoms with van der Waals surface area (Å²) in [4.78, 5) is 0. The molecule has 2 rings (SSSR count). The molecule has 160 valence electrons. The average molecular weight is 632 g/mol. The summed E-state index contributed by atoms with van der Waals surface area (Å²) in [6.07, 6.45) is 2.13. The van der Waals surface area contributed by atoms with Crippen molar-refractivity contribution in [2.75, 3.05) is 0 Å². The smallest absolute Gasteiger partial charge is 1.00 e. The number of rotatable bonds is 8. The number of hydrogen-bond donors (Lipinski definition) is 0. The molecular formula is C24H38Cl2HfSi2. The molecule has 0 atom stereocenters. The predicted octanol–water partition coefficient (Wildman–Crippen LogP) is 1.69. The maximum absolute atomic E-state index is 4.15. The predicted molar refractivity (Wildman–Crippen MR) is 126 cm³/mol. The van der Waals surface area contributed by atoms with E-state index in [4.69, 9.17) is 0 Å². The van der Waals surface area contributed by atoms with Crippen LogP contribution >= 0.6 is 0 Å². The van der Waals surface area contributed by atoms with Crippen LogP contribution in [0.1, 0.15) is 11.1 Å². The zero-order valence-corrected chi connectivity index (χ0v) is 26.2. The minimum atomic E-state index is -0.953. The molecule has 0 aliphatic heterocycles. The summed E-state index contributed by atoms with van der Waals surface area (Å²) in [5.41, 5.74) is 5.60. The molecule has 0 radical (unpaired) electrons. The van der Waals surface area contributed by atoms with Gasteiger partial charge in [0.05, 0.1) is 0 Å². The molecule has 0 N–H and O–H groups in total. The van der Waals surface area contributed by atoms with Crippen molar-refractivity contribution in [2.45, 2.75) is 64.2 Å². The van der Waals surface area contributed by atoms with Gasteiger partial charge in [-0.25, -0.2) is 24.3 Å². The standard InChI is InChI=1S/2C12H19Si.2ClH.Hf/c2*1-11(10-13(2,3)4)9-12-7-5-6-8-12;;;/h2*5-8H,1,9-10H2,2-4H3;2*1H;/q2*-1;;;+4/p-2. The zero-order valence-electron chi connectivity index (χ0n) is 19.1. The Hall–Kier alpha value is 0.0639. The summed E-state index contributed by atoms with van der Waals surface area (Å²) in [5, 5.41) is 0. The maximum Gasteiger partial charge on any atom is 4.00 e. The van der Waals surface area contributed by atoms with Gasteiger partial charge in [-0.1, -0.05) is 63.3 Å². The van der Waals surface area contributed by atoms with Gasteiger partial charge in [-0.05, 0) is 12.1 Å². The van der Waals surface area contributed by atoms with E-state index in [0.29, 0.717) is 0 Å². The van der Waals surface area contributed by atoms with Crippen LogP contribution in [0.15, 0.2) is 72.8 Å². The van der Waals surface area contributed by atoms with E-state index in [2.05, 4.69) is 101 Å². The van der Waals surface area contributed by atoms with E-state index >= 15 is 0 Å². The summed E-state index contributed by atoms with van der Waals surface area (Å²) < 4.78 is 0. The zero-order chi connectivity index (χ0) is 19.8. The first-order valence-electron chi connectivity index (χ1n) is 9.69. The summed E-state index contributed by atoms with van der Waals surface area (Å²) in [7, 11) is -1.91. The second-order valence-corrected chi connectivity index (χ2v) is 20.9. The van der Waals surface area contributed by atoms with Crippen LogP contribution in [0.5, 0.6) is 0 Å². The average Bonchev–Trinajstić information content (AvgIpc) is 3.08. The van der Waals surface area contributed by atoms with Crippen LogP contribution in [0.3, 0.4) is 0 Å². The summed E-state index contributed by atoms with van der Waals surface area (Å²) in [6.45, 7) is 22.7. The van der Waals surface area contributed by atoms with Crippen molar-refractivity contribution in [1.82, 2.24) is 0 Å². The monoisotopic (exact) mass is 632 g/mol. The molecule has 0 saturated heterocycles. The van der Waals surface area contributed by atoms with Gasteiger partial charge in [-0.2, -0.15) is 35.4 Å². The Morgan fingerprint density at radius 1 is 0.621 bits per heavy atom. The van der Waals surface area contributed by atoms with E-state index in [1.54, 1.807) is 0 Å². The van der Waals surface area contributed by atoms with Gasteiger partial charge in [0, 0.05) is 16.1 Å². The molecule has 0 aliphatic rings. The van der Waals surface area contributed by atoms with Gasteiger partial charge in [0.2, 0.25) is 0 Å². The molecule has 0 saturated carbocycles. The van der Waals surface area contributed by atoms with E-state index in [9.17, 15) is 0 Å². The van der Waals surface area contributed by atoms with E-state index in [0.717, 1.165) is 12.8 Å². The van der Waals surface area contributed by atoms with Gasteiger partial charge in [-0.3, -0.25) is 0 Å². The van der Waals surface area contributed by atoms with E-state index < -0.39 is 16.1 Å². The SMILES string of the molecule is C=C(C[c-]1cccc1)C[Si](C)(C)C.C=C(C[c-]1cccc1)C[Si](C)(C)C.[Cl-].[Cl-].[Hf+4]. The molecule has 2 aromatic rings. The third-order valence-corrected chi connectivity index (χ3v) is 7.05. The Kier molecular flexibility index (Phi) is 18.4. The van der Waals surface area contributed by atoms with Crippen molar-refractivity contribution < 1.29 is 50.7 Å². The van der Waals surface area contributed by atoms with E-state index in [-0.39, 0.29) is 50.7 Å². The molecular weight excluding hydrogens is 594 g/mol. The largest absolute Gasteiger partial charge is 4.00 e. The Balaban J connectivity index is -0.000000422. The first kappa shape index (κ1) is 33.7. The van der Waals surface area contributed by atoms with Crippen LogP contribution in [-0.2, 0) is 38.7 Å². The van der Waals surface area contributed by atoms with Crippen molar-refractivity contribution in [3.63, 3.8) is 0 Å². The van der Waals surface area contributed by atoms with E-state index in [1.165, 1.54) is 34.4 Å². The van der Waals surface area contributed by atoms with Crippen molar-refractivity contribution in [3.8, 4) is 0 Å².